The number of aryl methyl sites for hydroxylation is 1. The highest BCUT2D eigenvalue weighted by molar-refractivity contribution is 7.13. The average molecular weight is 573 g/mol. The Kier molecular flexibility index (Phi) is 9.90. The first-order valence-electron chi connectivity index (χ1n) is 13.1. The predicted molar refractivity (Wildman–Crippen MR) is 148 cm³/mol. The molecule has 3 unspecified atom stereocenters. The highest BCUT2D eigenvalue weighted by Crippen LogP contribution is 2.32. The van der Waals surface area contributed by atoms with Gasteiger partial charge in [0, 0.05) is 39.8 Å². The molecule has 2 amide bonds. The number of carbonyl (C=O) groups is 2. The van der Waals surface area contributed by atoms with Crippen LogP contribution in [0.25, 0.3) is 10.4 Å². The van der Waals surface area contributed by atoms with Gasteiger partial charge in [0.25, 0.3) is 5.88 Å². The first kappa shape index (κ1) is 29.7. The molecule has 11 nitrogen and oxygen atoms in total. The fourth-order valence-electron chi connectivity index (χ4n) is 4.75. The van der Waals surface area contributed by atoms with Crippen LogP contribution in [0.5, 0.6) is 5.88 Å². The monoisotopic (exact) mass is 572 g/mol. The number of amides is 2. The largest absolute Gasteiger partial charge is 0.470 e. The minimum absolute atomic E-state index is 0.0594. The van der Waals surface area contributed by atoms with Crippen molar-refractivity contribution in [1.82, 2.24) is 20.4 Å². The van der Waals surface area contributed by atoms with Crippen molar-refractivity contribution in [3.63, 3.8) is 0 Å². The molecule has 0 radical (unpaired) electrons. The quantitative estimate of drug-likeness (QED) is 0.314. The summed E-state index contributed by atoms with van der Waals surface area (Å²) in [5.41, 5.74) is 4.80. The number of nitrogens with one attached hydrogen (secondary N) is 1. The lowest BCUT2D eigenvalue weighted by Gasteiger charge is -2.28. The van der Waals surface area contributed by atoms with Crippen LogP contribution in [0.15, 0.2) is 40.4 Å². The predicted octanol–water partition coefficient (Wildman–Crippen LogP) is 3.12. The second kappa shape index (κ2) is 13.4. The van der Waals surface area contributed by atoms with Crippen molar-refractivity contribution in [2.45, 2.75) is 58.1 Å². The van der Waals surface area contributed by atoms with Gasteiger partial charge in [0.2, 0.25) is 11.8 Å². The lowest BCUT2D eigenvalue weighted by atomic mass is 9.91. The number of benzene rings is 1. The molecule has 1 aliphatic rings. The van der Waals surface area contributed by atoms with Gasteiger partial charge >= 0.3 is 0 Å². The van der Waals surface area contributed by atoms with Crippen molar-refractivity contribution in [1.29, 1.82) is 0 Å². The molecule has 40 heavy (non-hydrogen) atoms. The Morgan fingerprint density at radius 3 is 2.58 bits per heavy atom. The molecular weight excluding hydrogens is 536 g/mol. The number of hydrogen-bond acceptors (Lipinski definition) is 10. The molecule has 4 rings (SSSR count). The van der Waals surface area contributed by atoms with Gasteiger partial charge in [-0.25, -0.2) is 4.98 Å². The Labute approximate surface area is 237 Å². The van der Waals surface area contributed by atoms with Crippen LogP contribution in [-0.4, -0.2) is 77.8 Å². The van der Waals surface area contributed by atoms with E-state index in [9.17, 15) is 14.7 Å². The van der Waals surface area contributed by atoms with Crippen LogP contribution in [-0.2, 0) is 25.6 Å². The fraction of sp³-hybridized carbons (Fsp3) is 0.500. The molecule has 1 saturated heterocycles. The zero-order chi connectivity index (χ0) is 28.8. The van der Waals surface area contributed by atoms with Gasteiger partial charge < -0.3 is 34.1 Å². The molecule has 1 aromatic carbocycles. The third-order valence-electron chi connectivity index (χ3n) is 6.93. The second-order valence-corrected chi connectivity index (χ2v) is 10.9. The molecule has 3 atom stereocenters. The molecule has 0 saturated carbocycles. The highest BCUT2D eigenvalue weighted by atomic mass is 32.1. The molecule has 3 aromatic rings. The normalized spacial score (nSPS) is 17.9. The van der Waals surface area contributed by atoms with Crippen LogP contribution in [0.1, 0.15) is 43.2 Å². The van der Waals surface area contributed by atoms with E-state index in [4.69, 9.17) is 18.7 Å². The minimum Gasteiger partial charge on any atom is -0.470 e. The summed E-state index contributed by atoms with van der Waals surface area (Å²) in [6.07, 6.45) is -1.22. The Bertz CT molecular complexity index is 1270. The molecular formula is C28H36N4O7S. The maximum absolute atomic E-state index is 13.7. The number of aromatic nitrogens is 2. The number of thiazole rings is 1. The molecule has 1 aliphatic heterocycles. The maximum Gasteiger partial charge on any atom is 0.254 e. The maximum atomic E-state index is 13.7. The number of carbonyl (C=O) groups excluding carboxylic acids is 2. The van der Waals surface area contributed by atoms with Crippen LogP contribution in [0, 0.1) is 12.8 Å². The van der Waals surface area contributed by atoms with E-state index in [1.165, 1.54) is 19.1 Å². The smallest absolute Gasteiger partial charge is 0.254 e. The first-order valence-corrected chi connectivity index (χ1v) is 14.0. The van der Waals surface area contributed by atoms with E-state index in [1.54, 1.807) is 17.4 Å². The Morgan fingerprint density at radius 1 is 1.23 bits per heavy atom. The van der Waals surface area contributed by atoms with Gasteiger partial charge in [-0.2, -0.15) is 0 Å². The summed E-state index contributed by atoms with van der Waals surface area (Å²) >= 11 is 1.59. The van der Waals surface area contributed by atoms with E-state index in [0.29, 0.717) is 12.3 Å². The van der Waals surface area contributed by atoms with Gasteiger partial charge in [0.1, 0.15) is 18.6 Å². The number of rotatable bonds is 12. The molecule has 3 heterocycles. The second-order valence-electron chi connectivity index (χ2n) is 10.1. The van der Waals surface area contributed by atoms with Gasteiger partial charge in [0.15, 0.2) is 12.1 Å². The number of methoxy groups -OCH3 is 2. The third-order valence-corrected chi connectivity index (χ3v) is 7.91. The van der Waals surface area contributed by atoms with E-state index in [-0.39, 0.29) is 43.2 Å². The summed E-state index contributed by atoms with van der Waals surface area (Å²) in [7, 11) is 2.99. The summed E-state index contributed by atoms with van der Waals surface area (Å²) in [4.78, 5) is 33.8. The lowest BCUT2D eigenvalue weighted by molar-refractivity contribution is -0.141. The van der Waals surface area contributed by atoms with E-state index in [2.05, 4.69) is 15.5 Å². The van der Waals surface area contributed by atoms with Gasteiger partial charge in [-0.05, 0) is 29.1 Å². The van der Waals surface area contributed by atoms with Crippen molar-refractivity contribution in [2.75, 3.05) is 27.4 Å². The average Bonchev–Trinajstić information content (AvgIpc) is 3.68. The zero-order valence-corrected chi connectivity index (χ0v) is 24.1. The minimum atomic E-state index is -0.803. The Hall–Kier alpha value is -3.32. The van der Waals surface area contributed by atoms with E-state index < -0.39 is 24.4 Å². The number of aliphatic hydroxyl groups is 1. The molecule has 2 aromatic heterocycles. The molecule has 0 spiro atoms. The molecule has 2 N–H and O–H groups in total. The summed E-state index contributed by atoms with van der Waals surface area (Å²) in [6, 6.07) is 8.69. The van der Waals surface area contributed by atoms with Gasteiger partial charge in [-0.1, -0.05) is 38.1 Å². The molecule has 12 heteroatoms. The summed E-state index contributed by atoms with van der Waals surface area (Å²) in [5.74, 6) is -1.00. The third kappa shape index (κ3) is 6.87. The van der Waals surface area contributed by atoms with Crippen molar-refractivity contribution in [3.05, 3.63) is 52.9 Å². The number of β-amino-alcohol motifs (C(OH)–C–C–N with tert-alkyl or cyclic N) is 1. The summed E-state index contributed by atoms with van der Waals surface area (Å²) < 4.78 is 21.2. The topological polar surface area (TPSA) is 136 Å². The van der Waals surface area contributed by atoms with Crippen molar-refractivity contribution >= 4 is 23.2 Å². The van der Waals surface area contributed by atoms with E-state index >= 15 is 0 Å². The fourth-order valence-corrected chi connectivity index (χ4v) is 5.56. The van der Waals surface area contributed by atoms with Crippen molar-refractivity contribution in [2.24, 2.45) is 5.92 Å². The molecule has 216 valence electrons. The summed E-state index contributed by atoms with van der Waals surface area (Å²) in [6.45, 7) is 6.20. The van der Waals surface area contributed by atoms with Crippen molar-refractivity contribution in [3.8, 4) is 16.3 Å². The van der Waals surface area contributed by atoms with Gasteiger partial charge in [-0.15, -0.1) is 11.3 Å². The SMILES string of the molecule is COC(COc1cc(C(C(=O)N2CC(O)CC2C(=O)NCc2ccc(-c3scnc3C)cc2)C(C)C)on1)OC. The lowest BCUT2D eigenvalue weighted by Crippen LogP contribution is -2.48. The van der Waals surface area contributed by atoms with E-state index in [0.717, 1.165) is 21.7 Å². The van der Waals surface area contributed by atoms with Crippen molar-refractivity contribution < 1.29 is 33.4 Å². The number of aliphatic hydroxyl groups excluding tert-OH is 1. The zero-order valence-electron chi connectivity index (χ0n) is 23.3. The molecule has 0 bridgehead atoms. The molecule has 0 aliphatic carbocycles. The number of hydrogen-bond donors (Lipinski definition) is 2. The van der Waals surface area contributed by atoms with Crippen LogP contribution in [0.4, 0.5) is 0 Å². The number of ether oxygens (including phenoxy) is 3. The van der Waals surface area contributed by atoms with Crippen LogP contribution < -0.4 is 10.1 Å². The standard InChI is InChI=1S/C28H36N4O7S/c1-16(2)25(22-11-23(31-39-22)38-14-24(36-4)37-5)28(35)32-13-20(33)10-21(32)27(34)29-12-18-6-8-19(9-7-18)26-17(3)30-15-40-26/h6-9,11,15-16,20-21,24-25,33H,10,12-14H2,1-5H3,(H,29,34). The number of likely N-dealkylation sites (tertiary alicyclic amines) is 1. The summed E-state index contributed by atoms with van der Waals surface area (Å²) in [5, 5.41) is 17.2. The Balaban J connectivity index is 1.41. The van der Waals surface area contributed by atoms with Crippen LogP contribution in [0.3, 0.4) is 0 Å². The van der Waals surface area contributed by atoms with E-state index in [1.807, 2.05) is 50.5 Å². The van der Waals surface area contributed by atoms with Gasteiger partial charge in [-0.3, -0.25) is 9.59 Å². The number of nitrogens with zero attached hydrogens (tertiary/aromatic N) is 3. The molecule has 1 fully saturated rings. The van der Waals surface area contributed by atoms with Gasteiger partial charge in [0.05, 0.1) is 22.2 Å². The van der Waals surface area contributed by atoms with Crippen LogP contribution >= 0.6 is 11.3 Å². The first-order chi connectivity index (χ1) is 19.2. The Morgan fingerprint density at radius 2 is 1.95 bits per heavy atom. The highest BCUT2D eigenvalue weighted by Gasteiger charge is 2.43. The van der Waals surface area contributed by atoms with Crippen LogP contribution in [0.2, 0.25) is 0 Å².